The topological polar surface area (TPSA) is 59.5 Å². The zero-order valence-corrected chi connectivity index (χ0v) is 19.3. The molecule has 6 nitrogen and oxygen atoms in total. The van der Waals surface area contributed by atoms with Gasteiger partial charge in [0, 0.05) is 25.6 Å². The average molecular weight is 457 g/mol. The molecule has 0 saturated heterocycles. The Morgan fingerprint density at radius 1 is 1.04 bits per heavy atom. The van der Waals surface area contributed by atoms with Gasteiger partial charge in [0.05, 0.1) is 20.6 Å². The number of carbonyl (C=O) groups excluding carboxylic acids is 2. The summed E-state index contributed by atoms with van der Waals surface area (Å²) in [4.78, 5) is 30.4. The van der Waals surface area contributed by atoms with Crippen LogP contribution < -0.4 is 4.74 Å². The molecule has 28 heavy (non-hydrogen) atoms. The fourth-order valence-electron chi connectivity index (χ4n) is 2.87. The predicted molar refractivity (Wildman–Crippen MR) is 116 cm³/mol. The largest absolute Gasteiger partial charge is 0.414 e. The number of carbonyl (C=O) groups is 2. The van der Waals surface area contributed by atoms with Crippen LogP contribution in [0.1, 0.15) is 61.9 Å². The molecule has 0 atom stereocenters. The number of rotatable bonds is 12. The summed E-state index contributed by atoms with van der Waals surface area (Å²) in [6.07, 6.45) is 10.8. The maximum atomic E-state index is 13.0. The van der Waals surface area contributed by atoms with E-state index in [1.807, 2.05) is 14.1 Å². The molecule has 0 aromatic carbocycles. The molecule has 0 unspecified atom stereocenters. The first-order valence-corrected chi connectivity index (χ1v) is 11.2. The van der Waals surface area contributed by atoms with Crippen LogP contribution in [-0.4, -0.2) is 66.4 Å². The van der Waals surface area contributed by atoms with Crippen molar-refractivity contribution in [1.82, 2.24) is 9.88 Å². The van der Waals surface area contributed by atoms with Crippen molar-refractivity contribution in [2.75, 3.05) is 40.1 Å². The van der Waals surface area contributed by atoms with Crippen molar-refractivity contribution in [1.29, 1.82) is 0 Å². The molecular formula is C21H35BrN3O3+. The molecule has 1 aromatic rings. The van der Waals surface area contributed by atoms with E-state index in [0.29, 0.717) is 0 Å². The van der Waals surface area contributed by atoms with Gasteiger partial charge >= 0.3 is 12.0 Å². The van der Waals surface area contributed by atoms with Gasteiger partial charge in [0.2, 0.25) is 5.69 Å². The number of pyridine rings is 1. The minimum absolute atomic E-state index is 0.142. The van der Waals surface area contributed by atoms with E-state index >= 15 is 0 Å². The van der Waals surface area contributed by atoms with Gasteiger partial charge in [-0.05, 0) is 31.4 Å². The fraction of sp³-hybridized carbons (Fsp3) is 0.667. The minimum atomic E-state index is -0.525. The molecule has 2 amide bonds. The molecule has 1 rings (SSSR count). The van der Waals surface area contributed by atoms with Crippen molar-refractivity contribution in [3.05, 3.63) is 24.0 Å². The number of halogens is 1. The van der Waals surface area contributed by atoms with Crippen molar-refractivity contribution in [2.45, 2.75) is 51.4 Å². The van der Waals surface area contributed by atoms with E-state index in [4.69, 9.17) is 4.74 Å². The van der Waals surface area contributed by atoms with Gasteiger partial charge in [0.15, 0.2) is 5.75 Å². The van der Waals surface area contributed by atoms with Crippen LogP contribution in [0.3, 0.4) is 0 Å². The summed E-state index contributed by atoms with van der Waals surface area (Å²) >= 11 is 3.46. The maximum absolute atomic E-state index is 13.0. The second-order valence-corrected chi connectivity index (χ2v) is 8.64. The van der Waals surface area contributed by atoms with E-state index in [1.54, 1.807) is 32.4 Å². The highest BCUT2D eigenvalue weighted by molar-refractivity contribution is 9.09. The van der Waals surface area contributed by atoms with E-state index in [2.05, 4.69) is 20.9 Å². The summed E-state index contributed by atoms with van der Waals surface area (Å²) in [6, 6.07) is 3.27. The monoisotopic (exact) mass is 456 g/mol. The smallest absolute Gasteiger partial charge is 0.407 e. The van der Waals surface area contributed by atoms with Crippen LogP contribution >= 0.6 is 15.9 Å². The highest BCUT2D eigenvalue weighted by Gasteiger charge is 2.32. The lowest BCUT2D eigenvalue weighted by Gasteiger charge is -2.27. The van der Waals surface area contributed by atoms with Crippen molar-refractivity contribution in [2.24, 2.45) is 0 Å². The Kier molecular flexibility index (Phi) is 11.3. The Hall–Kier alpha value is -1.47. The molecule has 158 valence electrons. The summed E-state index contributed by atoms with van der Waals surface area (Å²) in [5.74, 6) is 0.0674. The molecule has 0 radical (unpaired) electrons. The van der Waals surface area contributed by atoms with Crippen molar-refractivity contribution >= 4 is 27.9 Å². The molecule has 0 aliphatic heterocycles. The van der Waals surface area contributed by atoms with Gasteiger partial charge in [-0.3, -0.25) is 4.48 Å². The molecule has 1 aromatic heterocycles. The average Bonchev–Trinajstić information content (AvgIpc) is 2.66. The summed E-state index contributed by atoms with van der Waals surface area (Å²) in [5.41, 5.74) is 0.203. The Morgan fingerprint density at radius 3 is 2.18 bits per heavy atom. The summed E-state index contributed by atoms with van der Waals surface area (Å²) in [6.45, 7) is 0.736. The van der Waals surface area contributed by atoms with Gasteiger partial charge in [-0.2, -0.15) is 0 Å². The van der Waals surface area contributed by atoms with E-state index < -0.39 is 6.09 Å². The second kappa shape index (κ2) is 12.9. The highest BCUT2D eigenvalue weighted by atomic mass is 79.9. The van der Waals surface area contributed by atoms with Crippen molar-refractivity contribution < 1.29 is 18.8 Å². The van der Waals surface area contributed by atoms with Crippen molar-refractivity contribution in [3.63, 3.8) is 0 Å². The Balaban J connectivity index is 2.51. The van der Waals surface area contributed by atoms with E-state index in [9.17, 15) is 9.59 Å². The van der Waals surface area contributed by atoms with Crippen LogP contribution in [0.25, 0.3) is 0 Å². The molecule has 0 N–H and O–H groups in total. The normalized spacial score (nSPS) is 11.3. The molecule has 0 saturated carbocycles. The van der Waals surface area contributed by atoms with Crippen LogP contribution in [0.5, 0.6) is 5.75 Å². The molecule has 7 heteroatoms. The van der Waals surface area contributed by atoms with Crippen LogP contribution in [-0.2, 0) is 0 Å². The molecule has 0 spiro atoms. The predicted octanol–water partition coefficient (Wildman–Crippen LogP) is 4.87. The van der Waals surface area contributed by atoms with Crippen molar-refractivity contribution in [3.8, 4) is 5.75 Å². The maximum Gasteiger partial charge on any atom is 0.414 e. The molecule has 0 fully saturated rings. The Morgan fingerprint density at radius 2 is 1.61 bits per heavy atom. The Bertz CT molecular complexity index is 621. The lowest BCUT2D eigenvalue weighted by Crippen LogP contribution is -2.46. The third-order valence-corrected chi connectivity index (χ3v) is 5.25. The number of hydrogen-bond acceptors (Lipinski definition) is 4. The lowest BCUT2D eigenvalue weighted by atomic mass is 10.1. The minimum Gasteiger partial charge on any atom is -0.407 e. The SMILES string of the molecule is CN(C)C(=O)Oc1cccnc1C(=O)[N+](C)(C)CCCCCCCCCCBr. The quantitative estimate of drug-likeness (QED) is 0.255. The summed E-state index contributed by atoms with van der Waals surface area (Å²) < 4.78 is 5.50. The first kappa shape index (κ1) is 24.6. The molecule has 0 bridgehead atoms. The van der Waals surface area contributed by atoms with Crippen LogP contribution in [0.15, 0.2) is 18.3 Å². The Labute approximate surface area is 178 Å². The van der Waals surface area contributed by atoms with E-state index in [1.165, 1.54) is 43.4 Å². The van der Waals surface area contributed by atoms with E-state index in [0.717, 1.165) is 24.7 Å². The standard InChI is InChI=1S/C21H35BrN3O3/c1-24(2)21(27)28-18-14-13-16-23-19(18)20(26)25(3,4)17-12-10-8-6-5-7-9-11-15-22/h13-14,16H,5-12,15,17H2,1-4H3/q+1. The zero-order valence-electron chi connectivity index (χ0n) is 17.7. The van der Waals surface area contributed by atoms with Crippen LogP contribution in [0.4, 0.5) is 4.79 Å². The second-order valence-electron chi connectivity index (χ2n) is 7.84. The number of quaternary nitrogens is 1. The lowest BCUT2D eigenvalue weighted by molar-refractivity contribution is -0.808. The van der Waals surface area contributed by atoms with Gasteiger partial charge in [0.1, 0.15) is 0 Å². The van der Waals surface area contributed by atoms with Gasteiger partial charge in [-0.1, -0.05) is 48.0 Å². The van der Waals surface area contributed by atoms with Crippen LogP contribution in [0, 0.1) is 0 Å². The number of alkyl halides is 1. The fourth-order valence-corrected chi connectivity index (χ4v) is 3.27. The summed E-state index contributed by atoms with van der Waals surface area (Å²) in [5, 5.41) is 1.10. The van der Waals surface area contributed by atoms with Gasteiger partial charge in [0.25, 0.3) is 0 Å². The number of aromatic nitrogens is 1. The number of nitrogens with zero attached hydrogens (tertiary/aromatic N) is 3. The highest BCUT2D eigenvalue weighted by Crippen LogP contribution is 2.21. The van der Waals surface area contributed by atoms with Gasteiger partial charge < -0.3 is 9.64 Å². The number of amides is 2. The first-order valence-electron chi connectivity index (χ1n) is 10.1. The van der Waals surface area contributed by atoms with Gasteiger partial charge in [-0.25, -0.2) is 14.6 Å². The number of hydrogen-bond donors (Lipinski definition) is 0. The molecular weight excluding hydrogens is 422 g/mol. The van der Waals surface area contributed by atoms with Gasteiger partial charge in [-0.15, -0.1) is 0 Å². The summed E-state index contributed by atoms with van der Waals surface area (Å²) in [7, 11) is 6.97. The van der Waals surface area contributed by atoms with Crippen LogP contribution in [0.2, 0.25) is 0 Å². The number of ether oxygens (including phenoxy) is 1. The molecule has 0 aliphatic carbocycles. The molecule has 0 aliphatic rings. The third-order valence-electron chi connectivity index (χ3n) is 4.69. The molecule has 1 heterocycles. The van der Waals surface area contributed by atoms with E-state index in [-0.39, 0.29) is 21.8 Å². The zero-order chi connectivity index (χ0) is 21.0. The first-order chi connectivity index (χ1) is 13.3. The third kappa shape index (κ3) is 8.69. The number of unbranched alkanes of at least 4 members (excludes halogenated alkanes) is 7.